The van der Waals surface area contributed by atoms with Gasteiger partial charge in [0.2, 0.25) is 0 Å². The van der Waals surface area contributed by atoms with Gasteiger partial charge in [-0.1, -0.05) is 29.8 Å². The molecular formula is C24H30N4O5. The number of rotatable bonds is 10. The molecule has 0 radical (unpaired) electrons. The van der Waals surface area contributed by atoms with Crippen molar-refractivity contribution in [2.45, 2.75) is 27.2 Å². The van der Waals surface area contributed by atoms with Crippen LogP contribution in [0.2, 0.25) is 0 Å². The summed E-state index contributed by atoms with van der Waals surface area (Å²) in [7, 11) is 1.56. The van der Waals surface area contributed by atoms with Crippen molar-refractivity contribution < 1.29 is 23.9 Å². The normalized spacial score (nSPS) is 10.7. The quantitative estimate of drug-likeness (QED) is 0.220. The number of carbonyl (C=O) groups excluding carboxylic acids is 3. The third-order valence-electron chi connectivity index (χ3n) is 4.61. The van der Waals surface area contributed by atoms with Gasteiger partial charge in [-0.15, -0.1) is 0 Å². The molecule has 0 bridgehead atoms. The first-order chi connectivity index (χ1) is 15.8. The maximum absolute atomic E-state index is 12.4. The molecule has 3 N–H and O–H groups in total. The minimum absolute atomic E-state index is 0.201. The van der Waals surface area contributed by atoms with Crippen molar-refractivity contribution in [2.75, 3.05) is 32.2 Å². The molecule has 0 saturated carbocycles. The molecule has 0 saturated heterocycles. The fraction of sp³-hybridized carbons (Fsp3) is 0.333. The van der Waals surface area contributed by atoms with E-state index in [1.54, 1.807) is 31.4 Å². The summed E-state index contributed by atoms with van der Waals surface area (Å²) in [6.07, 6.45) is 1.94. The van der Waals surface area contributed by atoms with Gasteiger partial charge in [0, 0.05) is 31.5 Å². The van der Waals surface area contributed by atoms with Gasteiger partial charge in [0.1, 0.15) is 5.75 Å². The molecule has 0 aliphatic carbocycles. The van der Waals surface area contributed by atoms with Gasteiger partial charge >= 0.3 is 11.8 Å². The third kappa shape index (κ3) is 8.38. The second-order valence-electron chi connectivity index (χ2n) is 7.45. The van der Waals surface area contributed by atoms with Crippen molar-refractivity contribution in [1.82, 2.24) is 10.7 Å². The highest BCUT2D eigenvalue weighted by molar-refractivity contribution is 6.35. The van der Waals surface area contributed by atoms with Crippen molar-refractivity contribution in [3.8, 4) is 5.75 Å². The molecule has 9 heteroatoms. The van der Waals surface area contributed by atoms with Crippen LogP contribution < -0.4 is 20.8 Å². The first-order valence-corrected chi connectivity index (χ1v) is 10.5. The van der Waals surface area contributed by atoms with Crippen LogP contribution in [0.4, 0.5) is 5.69 Å². The maximum Gasteiger partial charge on any atom is 0.329 e. The summed E-state index contributed by atoms with van der Waals surface area (Å²) in [4.78, 5) is 35.9. The lowest BCUT2D eigenvalue weighted by Crippen LogP contribution is -2.38. The molecule has 3 amide bonds. The number of hydrogen-bond donors (Lipinski definition) is 3. The van der Waals surface area contributed by atoms with E-state index in [0.717, 1.165) is 22.4 Å². The third-order valence-corrected chi connectivity index (χ3v) is 4.61. The molecule has 2 aromatic carbocycles. The summed E-state index contributed by atoms with van der Waals surface area (Å²) in [5.74, 6) is -1.56. The maximum atomic E-state index is 12.4. The van der Waals surface area contributed by atoms with Crippen LogP contribution in [-0.4, -0.2) is 50.8 Å². The molecule has 2 rings (SSSR count). The van der Waals surface area contributed by atoms with Crippen LogP contribution in [0.15, 0.2) is 41.5 Å². The molecular weight excluding hydrogens is 424 g/mol. The Labute approximate surface area is 193 Å². The van der Waals surface area contributed by atoms with E-state index in [1.807, 2.05) is 32.9 Å². The van der Waals surface area contributed by atoms with E-state index in [-0.39, 0.29) is 12.5 Å². The zero-order chi connectivity index (χ0) is 24.2. The minimum atomic E-state index is -0.884. The van der Waals surface area contributed by atoms with Crippen LogP contribution in [0.25, 0.3) is 0 Å². The van der Waals surface area contributed by atoms with Crippen molar-refractivity contribution in [3.05, 3.63) is 58.7 Å². The first kappa shape index (κ1) is 25.5. The van der Waals surface area contributed by atoms with E-state index >= 15 is 0 Å². The molecule has 0 fully saturated rings. The van der Waals surface area contributed by atoms with Gasteiger partial charge in [-0.2, -0.15) is 5.10 Å². The molecule has 33 heavy (non-hydrogen) atoms. The minimum Gasteiger partial charge on any atom is -0.483 e. The first-order valence-electron chi connectivity index (χ1n) is 10.5. The summed E-state index contributed by atoms with van der Waals surface area (Å²) in [6, 6.07) is 10.9. The Morgan fingerprint density at radius 1 is 1.03 bits per heavy atom. The lowest BCUT2D eigenvalue weighted by atomic mass is 10.1. The molecule has 0 aliphatic heterocycles. The van der Waals surface area contributed by atoms with Crippen molar-refractivity contribution in [3.63, 3.8) is 0 Å². The molecule has 2 aromatic rings. The smallest absolute Gasteiger partial charge is 0.329 e. The van der Waals surface area contributed by atoms with Gasteiger partial charge in [-0.25, -0.2) is 5.43 Å². The van der Waals surface area contributed by atoms with E-state index in [4.69, 9.17) is 9.47 Å². The highest BCUT2D eigenvalue weighted by atomic mass is 16.5. The Hall–Kier alpha value is -3.72. The van der Waals surface area contributed by atoms with Crippen LogP contribution >= 0.6 is 0 Å². The highest BCUT2D eigenvalue weighted by Gasteiger charge is 2.12. The molecule has 0 aliphatic rings. The summed E-state index contributed by atoms with van der Waals surface area (Å²) in [5, 5.41) is 9.15. The predicted molar refractivity (Wildman–Crippen MR) is 126 cm³/mol. The summed E-state index contributed by atoms with van der Waals surface area (Å²) in [6.45, 7) is 6.50. The number of anilines is 1. The Bertz CT molecular complexity index is 997. The molecule has 176 valence electrons. The van der Waals surface area contributed by atoms with Crippen molar-refractivity contribution >= 4 is 29.6 Å². The number of aryl methyl sites for hydroxylation is 3. The Morgan fingerprint density at radius 3 is 2.42 bits per heavy atom. The zero-order valence-corrected chi connectivity index (χ0v) is 19.4. The predicted octanol–water partition coefficient (Wildman–Crippen LogP) is 2.23. The molecule has 0 atom stereocenters. The Balaban J connectivity index is 1.90. The molecule has 0 aromatic heterocycles. The molecule has 0 spiro atoms. The van der Waals surface area contributed by atoms with E-state index in [2.05, 4.69) is 21.2 Å². The Morgan fingerprint density at radius 2 is 1.73 bits per heavy atom. The topological polar surface area (TPSA) is 118 Å². The number of nitrogens with one attached hydrogen (secondary N) is 3. The number of amides is 3. The van der Waals surface area contributed by atoms with E-state index in [0.29, 0.717) is 30.9 Å². The average Bonchev–Trinajstić information content (AvgIpc) is 2.78. The summed E-state index contributed by atoms with van der Waals surface area (Å²) in [5.41, 5.74) is 6.56. The van der Waals surface area contributed by atoms with Crippen molar-refractivity contribution in [1.29, 1.82) is 0 Å². The van der Waals surface area contributed by atoms with Gasteiger partial charge in [0.25, 0.3) is 5.91 Å². The second-order valence-corrected chi connectivity index (χ2v) is 7.45. The lowest BCUT2D eigenvalue weighted by Gasteiger charge is -2.14. The van der Waals surface area contributed by atoms with E-state index in [9.17, 15) is 14.4 Å². The van der Waals surface area contributed by atoms with Gasteiger partial charge in [0.15, 0.2) is 6.61 Å². The highest BCUT2D eigenvalue weighted by Crippen LogP contribution is 2.22. The molecule has 9 nitrogen and oxygen atoms in total. The van der Waals surface area contributed by atoms with Gasteiger partial charge in [-0.05, 0) is 50.5 Å². The number of hydrazone groups is 1. The van der Waals surface area contributed by atoms with Gasteiger partial charge in [-0.3, -0.25) is 14.4 Å². The number of hydrogen-bond acceptors (Lipinski definition) is 6. The second kappa shape index (κ2) is 13.0. The molecule has 0 heterocycles. The van der Waals surface area contributed by atoms with E-state index < -0.39 is 11.8 Å². The van der Waals surface area contributed by atoms with Crippen LogP contribution in [-0.2, 0) is 19.1 Å². The van der Waals surface area contributed by atoms with Crippen LogP contribution in [0, 0.1) is 20.8 Å². The Kier molecular flexibility index (Phi) is 10.0. The van der Waals surface area contributed by atoms with Crippen LogP contribution in [0.1, 0.15) is 28.7 Å². The average molecular weight is 455 g/mol. The number of methoxy groups -OCH3 is 1. The molecule has 0 unspecified atom stereocenters. The number of benzene rings is 2. The van der Waals surface area contributed by atoms with Crippen LogP contribution in [0.3, 0.4) is 0 Å². The summed E-state index contributed by atoms with van der Waals surface area (Å²) >= 11 is 0. The van der Waals surface area contributed by atoms with Gasteiger partial charge < -0.3 is 20.1 Å². The van der Waals surface area contributed by atoms with Crippen LogP contribution in [0.5, 0.6) is 5.75 Å². The SMILES string of the molecule is COCCCNC(=O)C(=O)N/N=C\c1ccccc1OCC(=O)Nc1c(C)cc(C)cc1C. The number of nitrogens with zero attached hydrogens (tertiary/aromatic N) is 1. The zero-order valence-electron chi connectivity index (χ0n) is 19.4. The largest absolute Gasteiger partial charge is 0.483 e. The van der Waals surface area contributed by atoms with E-state index in [1.165, 1.54) is 6.21 Å². The number of ether oxygens (including phenoxy) is 2. The fourth-order valence-electron chi connectivity index (χ4n) is 3.12. The van der Waals surface area contributed by atoms with Crippen molar-refractivity contribution in [2.24, 2.45) is 5.10 Å². The number of carbonyl (C=O) groups is 3. The number of para-hydroxylation sites is 1. The standard InChI is InChI=1S/C24H30N4O5/c1-16-12-17(2)22(18(3)13-16)27-21(29)15-33-20-9-6-5-8-19(20)14-26-28-24(31)23(30)25-10-7-11-32-4/h5-6,8-9,12-14H,7,10-11,15H2,1-4H3,(H,25,30)(H,27,29)(H,28,31)/b26-14-. The summed E-state index contributed by atoms with van der Waals surface area (Å²) < 4.78 is 10.5. The van der Waals surface area contributed by atoms with Gasteiger partial charge in [0.05, 0.1) is 6.21 Å². The monoisotopic (exact) mass is 454 g/mol. The lowest BCUT2D eigenvalue weighted by molar-refractivity contribution is -0.139. The fourth-order valence-corrected chi connectivity index (χ4v) is 3.12.